The van der Waals surface area contributed by atoms with Gasteiger partial charge in [0, 0.05) is 23.7 Å². The lowest BCUT2D eigenvalue weighted by atomic mass is 10.2. The zero-order valence-corrected chi connectivity index (χ0v) is 9.28. The molecule has 2 rings (SSSR count). The van der Waals surface area contributed by atoms with E-state index >= 15 is 0 Å². The van der Waals surface area contributed by atoms with E-state index in [2.05, 4.69) is 21.2 Å². The monoisotopic (exact) mass is 261 g/mol. The Labute approximate surface area is 90.4 Å². The van der Waals surface area contributed by atoms with Crippen molar-refractivity contribution < 1.29 is 4.74 Å². The molecule has 0 saturated heterocycles. The van der Waals surface area contributed by atoms with Crippen LogP contribution in [0.15, 0.2) is 16.6 Å². The Hall–Kier alpha value is -0.250. The normalized spacial score (nSPS) is 15.8. The molecule has 0 aliphatic carbocycles. The van der Waals surface area contributed by atoms with E-state index in [4.69, 9.17) is 16.3 Å². The lowest BCUT2D eigenvalue weighted by Crippen LogP contribution is -2.16. The molecule has 0 fully saturated rings. The van der Waals surface area contributed by atoms with Crippen LogP contribution in [0.5, 0.6) is 5.75 Å². The maximum Gasteiger partial charge on any atom is 0.138 e. The second-order valence-corrected chi connectivity index (χ2v) is 4.19. The van der Waals surface area contributed by atoms with Gasteiger partial charge in [-0.1, -0.05) is 11.6 Å². The van der Waals surface area contributed by atoms with E-state index in [1.165, 1.54) is 0 Å². The fraction of sp³-hybridized carbons (Fsp3) is 0.333. The third kappa shape index (κ3) is 1.98. The SMILES string of the molecule is Clc1cc(Br)c2c(c1)CNCCO2. The zero-order chi connectivity index (χ0) is 9.26. The molecule has 2 nitrogen and oxygen atoms in total. The molecule has 0 unspecified atom stereocenters. The zero-order valence-electron chi connectivity index (χ0n) is 6.94. The molecule has 1 N–H and O–H groups in total. The van der Waals surface area contributed by atoms with E-state index in [1.54, 1.807) is 0 Å². The molecular weight excluding hydrogens is 253 g/mol. The highest BCUT2D eigenvalue weighted by molar-refractivity contribution is 9.10. The lowest BCUT2D eigenvalue weighted by molar-refractivity contribution is 0.324. The first-order chi connectivity index (χ1) is 6.27. The maximum atomic E-state index is 5.92. The van der Waals surface area contributed by atoms with Gasteiger partial charge in [-0.15, -0.1) is 0 Å². The summed E-state index contributed by atoms with van der Waals surface area (Å²) in [6, 6.07) is 3.78. The second-order valence-electron chi connectivity index (χ2n) is 2.90. The van der Waals surface area contributed by atoms with Gasteiger partial charge in [0.2, 0.25) is 0 Å². The first-order valence-corrected chi connectivity index (χ1v) is 5.26. The van der Waals surface area contributed by atoms with E-state index in [0.717, 1.165) is 33.9 Å². The topological polar surface area (TPSA) is 21.3 Å². The summed E-state index contributed by atoms with van der Waals surface area (Å²) >= 11 is 9.35. The highest BCUT2D eigenvalue weighted by Crippen LogP contribution is 2.33. The van der Waals surface area contributed by atoms with Crippen LogP contribution in [0.2, 0.25) is 5.02 Å². The molecule has 4 heteroatoms. The Morgan fingerprint density at radius 3 is 3.15 bits per heavy atom. The molecule has 1 aliphatic rings. The van der Waals surface area contributed by atoms with Crippen molar-refractivity contribution in [1.29, 1.82) is 0 Å². The number of nitrogens with one attached hydrogen (secondary N) is 1. The van der Waals surface area contributed by atoms with Crippen molar-refractivity contribution >= 4 is 27.5 Å². The van der Waals surface area contributed by atoms with E-state index in [-0.39, 0.29) is 0 Å². The molecule has 0 aromatic heterocycles. The molecule has 0 bridgehead atoms. The van der Waals surface area contributed by atoms with Crippen molar-refractivity contribution in [3.8, 4) is 5.75 Å². The van der Waals surface area contributed by atoms with Crippen molar-refractivity contribution in [2.45, 2.75) is 6.54 Å². The van der Waals surface area contributed by atoms with Crippen LogP contribution in [0, 0.1) is 0 Å². The van der Waals surface area contributed by atoms with Gasteiger partial charge >= 0.3 is 0 Å². The van der Waals surface area contributed by atoms with Gasteiger partial charge in [-0.3, -0.25) is 0 Å². The van der Waals surface area contributed by atoms with Crippen LogP contribution in [0.4, 0.5) is 0 Å². The molecular formula is C9H9BrClNO. The Bertz CT molecular complexity index is 330. The van der Waals surface area contributed by atoms with Crippen LogP contribution in [-0.2, 0) is 6.54 Å². The van der Waals surface area contributed by atoms with Crippen LogP contribution < -0.4 is 10.1 Å². The highest BCUT2D eigenvalue weighted by atomic mass is 79.9. The minimum absolute atomic E-state index is 0.702. The summed E-state index contributed by atoms with van der Waals surface area (Å²) < 4.78 is 6.50. The van der Waals surface area contributed by atoms with Crippen molar-refractivity contribution in [3.63, 3.8) is 0 Å². The van der Waals surface area contributed by atoms with Crippen LogP contribution >= 0.6 is 27.5 Å². The first-order valence-electron chi connectivity index (χ1n) is 4.09. The quantitative estimate of drug-likeness (QED) is 0.776. The van der Waals surface area contributed by atoms with Gasteiger partial charge in [0.1, 0.15) is 12.4 Å². The summed E-state index contributed by atoms with van der Waals surface area (Å²) in [7, 11) is 0. The largest absolute Gasteiger partial charge is 0.491 e. The van der Waals surface area contributed by atoms with E-state index in [9.17, 15) is 0 Å². The Morgan fingerprint density at radius 1 is 1.46 bits per heavy atom. The van der Waals surface area contributed by atoms with E-state index in [0.29, 0.717) is 6.61 Å². The van der Waals surface area contributed by atoms with Crippen molar-refractivity contribution in [1.82, 2.24) is 5.32 Å². The van der Waals surface area contributed by atoms with Gasteiger partial charge in [0.25, 0.3) is 0 Å². The predicted octanol–water partition coefficient (Wildman–Crippen LogP) is 2.58. The molecule has 1 aliphatic heterocycles. The number of benzene rings is 1. The lowest BCUT2D eigenvalue weighted by Gasteiger charge is -2.08. The summed E-state index contributed by atoms with van der Waals surface area (Å²) in [6.07, 6.45) is 0. The number of rotatable bonds is 0. The van der Waals surface area contributed by atoms with Gasteiger partial charge in [0.15, 0.2) is 0 Å². The summed E-state index contributed by atoms with van der Waals surface area (Å²) in [4.78, 5) is 0. The van der Waals surface area contributed by atoms with Gasteiger partial charge < -0.3 is 10.1 Å². The third-order valence-electron chi connectivity index (χ3n) is 1.93. The predicted molar refractivity (Wildman–Crippen MR) is 56.4 cm³/mol. The minimum atomic E-state index is 0.702. The van der Waals surface area contributed by atoms with Crippen LogP contribution in [0.1, 0.15) is 5.56 Å². The fourth-order valence-corrected chi connectivity index (χ4v) is 2.34. The smallest absolute Gasteiger partial charge is 0.138 e. The summed E-state index contributed by atoms with van der Waals surface area (Å²) in [5.74, 6) is 0.911. The Morgan fingerprint density at radius 2 is 2.31 bits per heavy atom. The fourth-order valence-electron chi connectivity index (χ4n) is 1.35. The second kappa shape index (κ2) is 3.86. The van der Waals surface area contributed by atoms with Crippen molar-refractivity contribution in [3.05, 3.63) is 27.2 Å². The summed E-state index contributed by atoms with van der Waals surface area (Å²) in [6.45, 7) is 2.39. The van der Waals surface area contributed by atoms with E-state index in [1.807, 2.05) is 12.1 Å². The third-order valence-corrected chi connectivity index (χ3v) is 2.73. The highest BCUT2D eigenvalue weighted by Gasteiger charge is 2.12. The van der Waals surface area contributed by atoms with Gasteiger partial charge in [-0.25, -0.2) is 0 Å². The van der Waals surface area contributed by atoms with Gasteiger partial charge in [0.05, 0.1) is 4.47 Å². The molecule has 1 aromatic rings. The number of fused-ring (bicyclic) bond motifs is 1. The van der Waals surface area contributed by atoms with Gasteiger partial charge in [-0.2, -0.15) is 0 Å². The molecule has 0 spiro atoms. The Balaban J connectivity index is 2.47. The molecule has 0 saturated carbocycles. The maximum absolute atomic E-state index is 5.92. The molecule has 13 heavy (non-hydrogen) atoms. The van der Waals surface area contributed by atoms with Crippen molar-refractivity contribution in [2.75, 3.05) is 13.2 Å². The number of hydrogen-bond donors (Lipinski definition) is 1. The molecule has 1 heterocycles. The van der Waals surface area contributed by atoms with Gasteiger partial charge in [-0.05, 0) is 28.1 Å². The Kier molecular flexibility index (Phi) is 2.77. The number of ether oxygens (including phenoxy) is 1. The first kappa shape index (κ1) is 9.31. The van der Waals surface area contributed by atoms with Crippen LogP contribution in [-0.4, -0.2) is 13.2 Å². The summed E-state index contributed by atoms with van der Waals surface area (Å²) in [5.41, 5.74) is 1.11. The van der Waals surface area contributed by atoms with Crippen molar-refractivity contribution in [2.24, 2.45) is 0 Å². The van der Waals surface area contributed by atoms with Crippen LogP contribution in [0.3, 0.4) is 0 Å². The minimum Gasteiger partial charge on any atom is -0.491 e. The average molecular weight is 263 g/mol. The molecule has 0 atom stereocenters. The summed E-state index contributed by atoms with van der Waals surface area (Å²) in [5, 5.41) is 3.99. The molecule has 0 radical (unpaired) electrons. The average Bonchev–Trinajstić information content (AvgIpc) is 2.28. The standard InChI is InChI=1S/C9H9BrClNO/c10-8-4-7(11)3-6-5-12-1-2-13-9(6)8/h3-4,12H,1-2,5H2. The number of hydrogen-bond acceptors (Lipinski definition) is 2. The molecule has 0 amide bonds. The molecule has 1 aromatic carbocycles. The molecule has 70 valence electrons. The van der Waals surface area contributed by atoms with E-state index < -0.39 is 0 Å². The van der Waals surface area contributed by atoms with Crippen LogP contribution in [0.25, 0.3) is 0 Å². The number of halogens is 2.